The number of likely N-dealkylation sites (tertiary alicyclic amines) is 1. The van der Waals surface area contributed by atoms with E-state index in [4.69, 9.17) is 27.9 Å². The van der Waals surface area contributed by atoms with E-state index in [1.165, 1.54) is 5.57 Å². The number of aromatic carboxylic acids is 1. The van der Waals surface area contributed by atoms with Crippen LogP contribution in [0.25, 0.3) is 17.2 Å². The predicted octanol–water partition coefficient (Wildman–Crippen LogP) is 8.30. The number of ether oxygens (including phenoxy) is 1. The number of fused-ring (bicyclic) bond motifs is 1. The Labute approximate surface area is 244 Å². The molecular weight excluding hydrogens is 560 g/mol. The molecule has 0 saturated carbocycles. The number of carboxylic acid groups (broad SMARTS) is 1. The fourth-order valence-corrected chi connectivity index (χ4v) is 5.71. The van der Waals surface area contributed by atoms with Crippen LogP contribution in [0.3, 0.4) is 0 Å². The summed E-state index contributed by atoms with van der Waals surface area (Å²) in [6.45, 7) is 2.75. The third-order valence-corrected chi connectivity index (χ3v) is 7.57. The maximum Gasteiger partial charge on any atom is 0.335 e. The highest BCUT2D eigenvalue weighted by molar-refractivity contribution is 6.36. The van der Waals surface area contributed by atoms with Crippen LogP contribution >= 0.6 is 35.6 Å². The van der Waals surface area contributed by atoms with Gasteiger partial charge in [-0.15, -0.1) is 12.4 Å². The van der Waals surface area contributed by atoms with E-state index in [-0.39, 0.29) is 24.6 Å². The highest BCUT2D eigenvalue weighted by Gasteiger charge is 2.24. The quantitative estimate of drug-likeness (QED) is 0.302. The van der Waals surface area contributed by atoms with Crippen molar-refractivity contribution < 1.29 is 19.0 Å². The van der Waals surface area contributed by atoms with Crippen LogP contribution in [0, 0.1) is 0 Å². The van der Waals surface area contributed by atoms with Gasteiger partial charge in [0.05, 0.1) is 18.8 Å². The molecule has 3 aromatic rings. The number of nitrogens with zero attached hydrogens (tertiary/aromatic N) is 1. The molecule has 3 aromatic carbocycles. The number of carboxylic acids is 1. The molecule has 2 aliphatic heterocycles. The number of hydrogen-bond donors (Lipinski definition) is 1. The van der Waals surface area contributed by atoms with E-state index >= 15 is 0 Å². The summed E-state index contributed by atoms with van der Waals surface area (Å²) >= 11 is 12.8. The highest BCUT2D eigenvalue weighted by Crippen LogP contribution is 2.43. The molecule has 1 fully saturated rings. The first-order valence-electron chi connectivity index (χ1n) is 12.7. The zero-order valence-corrected chi connectivity index (χ0v) is 23.6. The lowest BCUT2D eigenvalue weighted by Crippen LogP contribution is -2.20. The molecule has 0 bridgehead atoms. The molecule has 2 aliphatic rings. The van der Waals surface area contributed by atoms with E-state index in [9.17, 15) is 14.3 Å². The molecule has 1 saturated heterocycles. The number of benzene rings is 3. The van der Waals surface area contributed by atoms with Gasteiger partial charge in [0.25, 0.3) is 0 Å². The van der Waals surface area contributed by atoms with Crippen LogP contribution in [-0.2, 0) is 0 Å². The second-order valence-electron chi connectivity index (χ2n) is 9.59. The van der Waals surface area contributed by atoms with E-state index < -0.39 is 5.97 Å². The highest BCUT2D eigenvalue weighted by atomic mass is 35.5. The molecule has 204 valence electrons. The third kappa shape index (κ3) is 6.67. The number of carbonyl (C=O) groups is 1. The van der Waals surface area contributed by atoms with E-state index in [1.807, 2.05) is 18.2 Å². The molecule has 0 amide bonds. The zero-order chi connectivity index (χ0) is 26.6. The van der Waals surface area contributed by atoms with Crippen molar-refractivity contribution in [1.82, 2.24) is 4.90 Å². The summed E-state index contributed by atoms with van der Waals surface area (Å²) in [5, 5.41) is 10.6. The van der Waals surface area contributed by atoms with Gasteiger partial charge in [-0.05, 0) is 71.0 Å². The molecule has 0 spiro atoms. The standard InChI is InChI=1S/C31H28Cl2FNO3.ClH/c32-24-7-9-25(28(33)18-24)26-11-15-38-29-17-23(31(36)37)6-8-27(29)30(26)22-4-2-20(3-5-22)16-21-10-14-35(19-21)13-1-12-34;/h2-9,16-18H,1,10-15,19H2,(H,36,37);1H. The van der Waals surface area contributed by atoms with Gasteiger partial charge in [0.1, 0.15) is 5.75 Å². The van der Waals surface area contributed by atoms with Crippen LogP contribution in [-0.4, -0.2) is 48.9 Å². The topological polar surface area (TPSA) is 49.8 Å². The summed E-state index contributed by atoms with van der Waals surface area (Å²) in [7, 11) is 0. The molecule has 5 rings (SSSR count). The summed E-state index contributed by atoms with van der Waals surface area (Å²) in [5.74, 6) is -0.467. The SMILES string of the molecule is Cl.O=C(O)c1ccc2c(c1)OCCC(c1ccc(Cl)cc1Cl)=C2c1ccc(C=C2CCN(CCCF)C2)cc1. The van der Waals surface area contributed by atoms with Gasteiger partial charge in [0.2, 0.25) is 0 Å². The molecule has 0 unspecified atom stereocenters. The van der Waals surface area contributed by atoms with Gasteiger partial charge in [-0.1, -0.05) is 65.2 Å². The van der Waals surface area contributed by atoms with Crippen LogP contribution in [0.2, 0.25) is 10.0 Å². The van der Waals surface area contributed by atoms with Crippen molar-refractivity contribution >= 4 is 58.8 Å². The maximum atomic E-state index is 12.5. The Bertz CT molecular complexity index is 1420. The summed E-state index contributed by atoms with van der Waals surface area (Å²) in [6.07, 6.45) is 4.38. The van der Waals surface area contributed by atoms with Crippen LogP contribution < -0.4 is 4.74 Å². The summed E-state index contributed by atoms with van der Waals surface area (Å²) in [4.78, 5) is 13.9. The first-order chi connectivity index (χ1) is 18.4. The van der Waals surface area contributed by atoms with E-state index in [2.05, 4.69) is 35.2 Å². The second-order valence-corrected chi connectivity index (χ2v) is 10.4. The minimum Gasteiger partial charge on any atom is -0.493 e. The summed E-state index contributed by atoms with van der Waals surface area (Å²) < 4.78 is 18.6. The number of alkyl halides is 1. The number of hydrogen-bond acceptors (Lipinski definition) is 3. The van der Waals surface area contributed by atoms with Gasteiger partial charge in [-0.25, -0.2) is 4.79 Å². The molecule has 0 radical (unpaired) electrons. The first kappa shape index (κ1) is 29.2. The Morgan fingerprint density at radius 1 is 1.03 bits per heavy atom. The van der Waals surface area contributed by atoms with E-state index in [0.717, 1.165) is 59.5 Å². The van der Waals surface area contributed by atoms with Gasteiger partial charge < -0.3 is 9.84 Å². The maximum absolute atomic E-state index is 12.5. The second kappa shape index (κ2) is 13.0. The van der Waals surface area contributed by atoms with Crippen molar-refractivity contribution in [1.29, 1.82) is 0 Å². The van der Waals surface area contributed by atoms with Gasteiger partial charge in [-0.3, -0.25) is 9.29 Å². The molecule has 1 N–H and O–H groups in total. The Balaban J connectivity index is 0.00000353. The lowest BCUT2D eigenvalue weighted by Gasteiger charge is -2.17. The molecule has 0 aliphatic carbocycles. The Morgan fingerprint density at radius 2 is 1.79 bits per heavy atom. The average molecular weight is 589 g/mol. The van der Waals surface area contributed by atoms with Crippen molar-refractivity contribution in [3.05, 3.63) is 104 Å². The molecule has 0 atom stereocenters. The Hall–Kier alpha value is -2.83. The summed E-state index contributed by atoms with van der Waals surface area (Å²) in [6, 6.07) is 18.8. The zero-order valence-electron chi connectivity index (χ0n) is 21.3. The smallest absolute Gasteiger partial charge is 0.335 e. The van der Waals surface area contributed by atoms with Gasteiger partial charge >= 0.3 is 5.97 Å². The lowest BCUT2D eigenvalue weighted by atomic mass is 9.87. The Morgan fingerprint density at radius 3 is 2.51 bits per heavy atom. The molecular formula is C31H29Cl3FNO3. The van der Waals surface area contributed by atoms with Gasteiger partial charge in [0.15, 0.2) is 0 Å². The molecule has 0 aromatic heterocycles. The minimum absolute atomic E-state index is 0. The predicted molar refractivity (Wildman–Crippen MR) is 159 cm³/mol. The monoisotopic (exact) mass is 587 g/mol. The van der Waals surface area contributed by atoms with Crippen molar-refractivity contribution in [3.63, 3.8) is 0 Å². The number of halogens is 4. The fourth-order valence-electron chi connectivity index (χ4n) is 5.19. The molecule has 8 heteroatoms. The Kier molecular flexibility index (Phi) is 9.73. The van der Waals surface area contributed by atoms with Gasteiger partial charge in [-0.2, -0.15) is 0 Å². The fraction of sp³-hybridized carbons (Fsp3) is 0.258. The summed E-state index contributed by atoms with van der Waals surface area (Å²) in [5.41, 5.74) is 7.27. The van der Waals surface area contributed by atoms with Crippen LogP contribution in [0.15, 0.2) is 66.2 Å². The van der Waals surface area contributed by atoms with Crippen LogP contribution in [0.1, 0.15) is 51.9 Å². The van der Waals surface area contributed by atoms with Crippen LogP contribution in [0.5, 0.6) is 5.75 Å². The minimum atomic E-state index is -1.00. The largest absolute Gasteiger partial charge is 0.493 e. The van der Waals surface area contributed by atoms with E-state index in [1.54, 1.807) is 18.2 Å². The molecule has 2 heterocycles. The van der Waals surface area contributed by atoms with Crippen molar-refractivity contribution in [2.24, 2.45) is 0 Å². The lowest BCUT2D eigenvalue weighted by molar-refractivity contribution is 0.0696. The molecule has 39 heavy (non-hydrogen) atoms. The first-order valence-corrected chi connectivity index (χ1v) is 13.5. The van der Waals surface area contributed by atoms with Crippen molar-refractivity contribution in [2.45, 2.75) is 19.3 Å². The molecule has 4 nitrogen and oxygen atoms in total. The third-order valence-electron chi connectivity index (χ3n) is 7.02. The van der Waals surface area contributed by atoms with Gasteiger partial charge in [0, 0.05) is 41.7 Å². The van der Waals surface area contributed by atoms with Crippen LogP contribution in [0.4, 0.5) is 4.39 Å². The van der Waals surface area contributed by atoms with E-state index in [0.29, 0.717) is 35.2 Å². The normalized spacial score (nSPS) is 16.4. The average Bonchev–Trinajstić information content (AvgIpc) is 3.26. The van der Waals surface area contributed by atoms with Crippen molar-refractivity contribution in [3.8, 4) is 5.75 Å². The van der Waals surface area contributed by atoms with Crippen molar-refractivity contribution in [2.75, 3.05) is 32.9 Å². The number of rotatable bonds is 7.